The van der Waals surface area contributed by atoms with Crippen molar-refractivity contribution >= 4 is 11.0 Å². The molecule has 2 aliphatic rings. The lowest BCUT2D eigenvalue weighted by Crippen LogP contribution is -2.21. The summed E-state index contributed by atoms with van der Waals surface area (Å²) >= 11 is 0. The Morgan fingerprint density at radius 1 is 0.976 bits per heavy atom. The van der Waals surface area contributed by atoms with Crippen molar-refractivity contribution in [2.45, 2.75) is 50.4 Å². The number of fused-ring (bicyclic) bond motifs is 1. The lowest BCUT2D eigenvalue weighted by Gasteiger charge is -2.13. The van der Waals surface area contributed by atoms with Gasteiger partial charge < -0.3 is 9.30 Å². The minimum absolute atomic E-state index is 0.0329. The highest BCUT2D eigenvalue weighted by Crippen LogP contribution is 2.45. The SMILES string of the molecule is COc1ncnc(C2CC2)c1-c1ncc2ccc(=O)n(Cc3ccc(-c4nc(C(F)(F)F)cn4C4CC4)cc3)c2n1. The number of aromatic nitrogens is 7. The zero-order valence-electron chi connectivity index (χ0n) is 22.0. The molecule has 0 aliphatic heterocycles. The molecule has 2 aliphatic carbocycles. The van der Waals surface area contributed by atoms with Gasteiger partial charge >= 0.3 is 6.18 Å². The molecule has 0 radical (unpaired) electrons. The number of rotatable bonds is 7. The molecule has 2 saturated carbocycles. The summed E-state index contributed by atoms with van der Waals surface area (Å²) < 4.78 is 48.8. The molecule has 208 valence electrons. The Morgan fingerprint density at radius 2 is 1.76 bits per heavy atom. The molecule has 2 fully saturated rings. The van der Waals surface area contributed by atoms with Crippen LogP contribution in [0.15, 0.2) is 59.9 Å². The average molecular weight is 560 g/mol. The maximum absolute atomic E-state index is 13.4. The molecule has 0 amide bonds. The van der Waals surface area contributed by atoms with Crippen molar-refractivity contribution in [3.63, 3.8) is 0 Å². The molecule has 4 heterocycles. The van der Waals surface area contributed by atoms with Gasteiger partial charge in [-0.05, 0) is 37.3 Å². The van der Waals surface area contributed by atoms with E-state index in [0.29, 0.717) is 39.8 Å². The molecule has 0 bridgehead atoms. The van der Waals surface area contributed by atoms with Crippen molar-refractivity contribution < 1.29 is 17.9 Å². The topological polar surface area (TPSA) is 101 Å². The highest BCUT2D eigenvalue weighted by molar-refractivity contribution is 5.78. The highest BCUT2D eigenvalue weighted by Gasteiger charge is 2.37. The molecular weight excluding hydrogens is 535 g/mol. The maximum Gasteiger partial charge on any atom is 0.434 e. The van der Waals surface area contributed by atoms with Crippen molar-refractivity contribution in [1.29, 1.82) is 0 Å². The van der Waals surface area contributed by atoms with Gasteiger partial charge in [-0.1, -0.05) is 24.3 Å². The van der Waals surface area contributed by atoms with Crippen LogP contribution in [-0.2, 0) is 12.7 Å². The lowest BCUT2D eigenvalue weighted by molar-refractivity contribution is -0.140. The van der Waals surface area contributed by atoms with Crippen molar-refractivity contribution in [3.8, 4) is 28.7 Å². The van der Waals surface area contributed by atoms with Crippen molar-refractivity contribution in [2.75, 3.05) is 7.11 Å². The van der Waals surface area contributed by atoms with Crippen molar-refractivity contribution in [2.24, 2.45) is 0 Å². The van der Waals surface area contributed by atoms with Gasteiger partial charge in [0.05, 0.1) is 19.3 Å². The number of halogens is 3. The number of benzene rings is 1. The van der Waals surface area contributed by atoms with E-state index in [1.54, 1.807) is 45.7 Å². The first-order valence-corrected chi connectivity index (χ1v) is 13.3. The van der Waals surface area contributed by atoms with Crippen LogP contribution in [-0.4, -0.2) is 41.2 Å². The summed E-state index contributed by atoms with van der Waals surface area (Å²) in [5.41, 5.74) is 2.11. The Hall–Kier alpha value is -4.61. The number of imidazole rings is 1. The van der Waals surface area contributed by atoms with Gasteiger partial charge in [0, 0.05) is 41.4 Å². The Morgan fingerprint density at radius 3 is 2.44 bits per heavy atom. The number of hydrogen-bond acceptors (Lipinski definition) is 7. The quantitative estimate of drug-likeness (QED) is 0.263. The maximum atomic E-state index is 13.4. The minimum atomic E-state index is -4.51. The van der Waals surface area contributed by atoms with Crippen LogP contribution >= 0.6 is 0 Å². The van der Waals surface area contributed by atoms with E-state index in [9.17, 15) is 18.0 Å². The van der Waals surface area contributed by atoms with E-state index in [1.807, 2.05) is 0 Å². The van der Waals surface area contributed by atoms with Crippen LogP contribution in [0.3, 0.4) is 0 Å². The average Bonchev–Trinajstić information content (AvgIpc) is 3.92. The molecule has 0 unspecified atom stereocenters. The van der Waals surface area contributed by atoms with Crippen LogP contribution in [0, 0.1) is 0 Å². The molecule has 0 saturated heterocycles. The summed E-state index contributed by atoms with van der Waals surface area (Å²) in [5, 5.41) is 0.680. The van der Waals surface area contributed by atoms with Crippen LogP contribution in [0.25, 0.3) is 33.8 Å². The molecule has 0 spiro atoms. The molecule has 41 heavy (non-hydrogen) atoms. The van der Waals surface area contributed by atoms with E-state index >= 15 is 0 Å². The van der Waals surface area contributed by atoms with Gasteiger partial charge in [0.2, 0.25) is 5.88 Å². The predicted octanol–water partition coefficient (Wildman–Crippen LogP) is 5.40. The van der Waals surface area contributed by atoms with Gasteiger partial charge in [-0.15, -0.1) is 0 Å². The van der Waals surface area contributed by atoms with Gasteiger partial charge in [0.25, 0.3) is 5.56 Å². The van der Waals surface area contributed by atoms with Crippen molar-refractivity contribution in [1.82, 2.24) is 34.1 Å². The number of pyridine rings is 1. The van der Waals surface area contributed by atoms with E-state index in [0.717, 1.165) is 43.1 Å². The van der Waals surface area contributed by atoms with E-state index < -0.39 is 11.9 Å². The molecule has 9 nitrogen and oxygen atoms in total. The normalized spacial score (nSPS) is 15.4. The summed E-state index contributed by atoms with van der Waals surface area (Å²) in [6, 6.07) is 10.2. The fourth-order valence-corrected chi connectivity index (χ4v) is 5.07. The minimum Gasteiger partial charge on any atom is -0.480 e. The summed E-state index contributed by atoms with van der Waals surface area (Å²) in [7, 11) is 1.53. The smallest absolute Gasteiger partial charge is 0.434 e. The Bertz CT molecular complexity index is 1840. The van der Waals surface area contributed by atoms with E-state index in [1.165, 1.54) is 19.5 Å². The van der Waals surface area contributed by atoms with Crippen LogP contribution in [0.5, 0.6) is 5.88 Å². The van der Waals surface area contributed by atoms with Gasteiger partial charge in [0.1, 0.15) is 23.4 Å². The summed E-state index contributed by atoms with van der Waals surface area (Å²) in [5.74, 6) is 1.33. The van der Waals surface area contributed by atoms with Gasteiger partial charge in [-0.3, -0.25) is 9.36 Å². The van der Waals surface area contributed by atoms with E-state index in [4.69, 9.17) is 9.72 Å². The Balaban J connectivity index is 1.25. The predicted molar refractivity (Wildman–Crippen MR) is 143 cm³/mol. The summed E-state index contributed by atoms with van der Waals surface area (Å²) in [6.45, 7) is 0.204. The third kappa shape index (κ3) is 4.72. The molecule has 12 heteroatoms. The van der Waals surface area contributed by atoms with Gasteiger partial charge in [-0.25, -0.2) is 24.9 Å². The number of nitrogens with zero attached hydrogens (tertiary/aromatic N) is 7. The molecule has 0 N–H and O–H groups in total. The zero-order chi connectivity index (χ0) is 28.3. The molecule has 1 aromatic carbocycles. The van der Waals surface area contributed by atoms with Crippen LogP contribution in [0.2, 0.25) is 0 Å². The van der Waals surface area contributed by atoms with E-state index in [-0.39, 0.29) is 24.0 Å². The first-order chi connectivity index (χ1) is 19.8. The third-order valence-corrected chi connectivity index (χ3v) is 7.46. The van der Waals surface area contributed by atoms with Crippen LogP contribution in [0.4, 0.5) is 13.2 Å². The zero-order valence-corrected chi connectivity index (χ0v) is 22.0. The standard InChI is InChI=1S/C29H24F3N7O2/c1-41-28-23(24(17-6-7-17)34-15-35-28)25-33-12-19-8-11-22(40)39(27(19)37-25)13-16-2-4-18(5-3-16)26-36-21(29(30,31)32)14-38(26)20-9-10-20/h2-5,8,11-12,14-15,17,20H,6-7,9-10,13H2,1H3. The second-order valence-corrected chi connectivity index (χ2v) is 10.4. The Labute approximate surface area is 231 Å². The number of hydrogen-bond donors (Lipinski definition) is 0. The highest BCUT2D eigenvalue weighted by atomic mass is 19.4. The van der Waals surface area contributed by atoms with E-state index in [2.05, 4.69) is 19.9 Å². The van der Waals surface area contributed by atoms with Crippen molar-refractivity contribution in [3.05, 3.63) is 82.4 Å². The van der Waals surface area contributed by atoms with Gasteiger partial charge in [-0.2, -0.15) is 13.2 Å². The largest absolute Gasteiger partial charge is 0.480 e. The number of alkyl halides is 3. The molecule has 4 aromatic heterocycles. The summed E-state index contributed by atoms with van der Waals surface area (Å²) in [4.78, 5) is 35.0. The van der Waals surface area contributed by atoms with Gasteiger partial charge in [0.15, 0.2) is 11.5 Å². The summed E-state index contributed by atoms with van der Waals surface area (Å²) in [6.07, 6.45) is 3.40. The lowest BCUT2D eigenvalue weighted by atomic mass is 10.1. The first kappa shape index (κ1) is 25.4. The molecular formula is C29H24F3N7O2. The monoisotopic (exact) mass is 559 g/mol. The first-order valence-electron chi connectivity index (χ1n) is 13.3. The molecule has 7 rings (SSSR count). The fourth-order valence-electron chi connectivity index (χ4n) is 5.07. The third-order valence-electron chi connectivity index (χ3n) is 7.46. The number of ether oxygens (including phenoxy) is 1. The van der Waals surface area contributed by atoms with Crippen LogP contribution < -0.4 is 10.3 Å². The molecule has 5 aromatic rings. The second-order valence-electron chi connectivity index (χ2n) is 10.4. The van der Waals surface area contributed by atoms with Crippen LogP contribution in [0.1, 0.15) is 54.6 Å². The number of methoxy groups -OCH3 is 1. The second kappa shape index (κ2) is 9.50. The Kier molecular flexibility index (Phi) is 5.87. The molecule has 0 atom stereocenters. The fraction of sp³-hybridized carbons (Fsp3) is 0.310.